The number of hydrogen-bond acceptors (Lipinski definition) is 8. The predicted octanol–water partition coefficient (Wildman–Crippen LogP) is 5.37. The predicted molar refractivity (Wildman–Crippen MR) is 150 cm³/mol. The first-order valence-corrected chi connectivity index (χ1v) is 15.9. The van der Waals surface area contributed by atoms with Crippen LogP contribution in [0.15, 0.2) is 24.3 Å². The van der Waals surface area contributed by atoms with Gasteiger partial charge in [-0.15, -0.1) is 0 Å². The summed E-state index contributed by atoms with van der Waals surface area (Å²) in [7, 11) is -4.85. The van der Waals surface area contributed by atoms with Crippen LogP contribution >= 0.6 is 7.82 Å². The zero-order chi connectivity index (χ0) is 30.1. The maximum Gasteiger partial charge on any atom is 0.469 e. The van der Waals surface area contributed by atoms with Gasteiger partial charge in [0.25, 0.3) is 0 Å². The summed E-state index contributed by atoms with van der Waals surface area (Å²) >= 11 is 0. The van der Waals surface area contributed by atoms with Crippen molar-refractivity contribution in [1.29, 1.82) is 0 Å². The number of ether oxygens (including phenoxy) is 2. The Hall–Kier alpha value is -2.04. The highest BCUT2D eigenvalue weighted by Crippen LogP contribution is 2.35. The minimum atomic E-state index is -4.85. The summed E-state index contributed by atoms with van der Waals surface area (Å²) in [6.45, 7) is 1.08. The molecule has 0 aliphatic carbocycles. The van der Waals surface area contributed by atoms with Gasteiger partial charge in [-0.05, 0) is 44.6 Å². The number of carboxylic acid groups (broad SMARTS) is 1. The molecule has 1 unspecified atom stereocenters. The third kappa shape index (κ3) is 27.5. The van der Waals surface area contributed by atoms with E-state index in [-0.39, 0.29) is 19.3 Å². The van der Waals surface area contributed by atoms with Gasteiger partial charge in [-0.25, -0.2) is 9.36 Å². The van der Waals surface area contributed by atoms with Gasteiger partial charge < -0.3 is 29.5 Å². The maximum atomic E-state index is 12.1. The zero-order valence-electron chi connectivity index (χ0n) is 23.8. The van der Waals surface area contributed by atoms with Crippen molar-refractivity contribution in [2.45, 2.75) is 122 Å². The summed E-state index contributed by atoms with van der Waals surface area (Å²) in [5.74, 6) is -2.61. The molecular formula is C28H49O11P. The average molecular weight is 593 g/mol. The number of aliphatic hydroxyl groups is 1. The van der Waals surface area contributed by atoms with Gasteiger partial charge in [-0.3, -0.25) is 14.1 Å². The van der Waals surface area contributed by atoms with Crippen LogP contribution in [0.1, 0.15) is 110 Å². The van der Waals surface area contributed by atoms with E-state index in [1.165, 1.54) is 38.5 Å². The van der Waals surface area contributed by atoms with Crippen molar-refractivity contribution < 1.29 is 52.9 Å². The highest BCUT2D eigenvalue weighted by Gasteiger charge is 2.23. The van der Waals surface area contributed by atoms with E-state index >= 15 is 0 Å². The summed E-state index contributed by atoms with van der Waals surface area (Å²) in [5.41, 5.74) is 0. The van der Waals surface area contributed by atoms with Crippen molar-refractivity contribution in [2.24, 2.45) is 0 Å². The number of carbonyl (C=O) groups excluding carboxylic acids is 2. The Morgan fingerprint density at radius 3 is 1.95 bits per heavy atom. The summed E-state index contributed by atoms with van der Waals surface area (Å²) < 4.78 is 25.5. The number of hydrogen-bond donors (Lipinski definition) is 4. The molecule has 0 aromatic rings. The van der Waals surface area contributed by atoms with Crippen LogP contribution in [0.2, 0.25) is 0 Å². The van der Waals surface area contributed by atoms with E-state index in [1.807, 2.05) is 0 Å². The molecule has 11 nitrogen and oxygen atoms in total. The van der Waals surface area contributed by atoms with E-state index in [0.717, 1.165) is 50.7 Å². The second-order valence-corrected chi connectivity index (χ2v) is 11.0. The summed E-state index contributed by atoms with van der Waals surface area (Å²) in [6.07, 6.45) is 18.3. The van der Waals surface area contributed by atoms with Crippen LogP contribution in [0.3, 0.4) is 0 Å². The standard InChI is InChI=1S/C28H49O11P/c1-2-3-4-5-6-7-8-9-10-11-12-13-14-15-16-17-27(32)37-22-25(23-38-40(34,35)36)39-28(33)21-19-24(29)18-20-26(30)31/h9-10,18,20,24-25,29H,2-8,11-17,19,21-23H2,1H3,(H,30,31)(H2,34,35,36)/b10-9-,20-18+/t24?,25-/m1/s1. The number of aliphatic hydroxyl groups excluding tert-OH is 1. The second-order valence-electron chi connectivity index (χ2n) is 9.72. The number of phosphoric acid groups is 1. The zero-order valence-corrected chi connectivity index (χ0v) is 24.7. The van der Waals surface area contributed by atoms with Gasteiger partial charge in [0.2, 0.25) is 0 Å². The van der Waals surface area contributed by atoms with Crippen LogP contribution in [0, 0.1) is 0 Å². The minimum absolute atomic E-state index is 0.135. The molecule has 0 aromatic heterocycles. The quantitative estimate of drug-likeness (QED) is 0.0334. The molecule has 40 heavy (non-hydrogen) atoms. The second kappa shape index (κ2) is 24.7. The van der Waals surface area contributed by atoms with Crippen molar-refractivity contribution in [1.82, 2.24) is 0 Å². The van der Waals surface area contributed by atoms with Gasteiger partial charge >= 0.3 is 25.7 Å². The molecule has 12 heteroatoms. The molecule has 232 valence electrons. The van der Waals surface area contributed by atoms with Crippen LogP contribution in [0.4, 0.5) is 0 Å². The highest BCUT2D eigenvalue weighted by atomic mass is 31.2. The molecule has 0 rings (SSSR count). The van der Waals surface area contributed by atoms with Crippen molar-refractivity contribution >= 4 is 25.7 Å². The normalized spacial score (nSPS) is 13.5. The van der Waals surface area contributed by atoms with Crippen LogP contribution in [-0.2, 0) is 32.9 Å². The van der Waals surface area contributed by atoms with Crippen LogP contribution in [-0.4, -0.2) is 63.3 Å². The van der Waals surface area contributed by atoms with Crippen molar-refractivity contribution in [2.75, 3.05) is 13.2 Å². The van der Waals surface area contributed by atoms with Gasteiger partial charge in [0.05, 0.1) is 12.7 Å². The number of carbonyl (C=O) groups is 3. The number of unbranched alkanes of at least 4 members (excludes halogenated alkanes) is 11. The molecule has 0 saturated carbocycles. The van der Waals surface area contributed by atoms with E-state index in [2.05, 4.69) is 23.6 Å². The summed E-state index contributed by atoms with van der Waals surface area (Å²) in [6, 6.07) is 0. The van der Waals surface area contributed by atoms with E-state index in [9.17, 15) is 24.1 Å². The Labute approximate surface area is 238 Å². The average Bonchev–Trinajstić information content (AvgIpc) is 2.89. The lowest BCUT2D eigenvalue weighted by Gasteiger charge is -2.18. The fraction of sp³-hybridized carbons (Fsp3) is 0.750. The number of aliphatic carboxylic acids is 1. The lowest BCUT2D eigenvalue weighted by molar-refractivity contribution is -0.161. The van der Waals surface area contributed by atoms with E-state index in [0.29, 0.717) is 6.42 Å². The molecule has 0 fully saturated rings. The monoisotopic (exact) mass is 592 g/mol. The molecule has 0 aliphatic heterocycles. The molecule has 0 heterocycles. The first-order valence-electron chi connectivity index (χ1n) is 14.3. The number of allylic oxidation sites excluding steroid dienone is 2. The number of rotatable bonds is 26. The van der Waals surface area contributed by atoms with E-state index in [4.69, 9.17) is 24.4 Å². The molecule has 0 spiro atoms. The minimum Gasteiger partial charge on any atom is -0.478 e. The first kappa shape index (κ1) is 38.0. The largest absolute Gasteiger partial charge is 0.478 e. The molecule has 0 aliphatic rings. The van der Waals surface area contributed by atoms with Crippen molar-refractivity contribution in [3.05, 3.63) is 24.3 Å². The van der Waals surface area contributed by atoms with Crippen LogP contribution in [0.25, 0.3) is 0 Å². The lowest BCUT2D eigenvalue weighted by Crippen LogP contribution is -2.29. The molecule has 4 N–H and O–H groups in total. The van der Waals surface area contributed by atoms with Crippen LogP contribution in [0.5, 0.6) is 0 Å². The van der Waals surface area contributed by atoms with Gasteiger partial charge in [0, 0.05) is 18.9 Å². The van der Waals surface area contributed by atoms with Crippen molar-refractivity contribution in [3.8, 4) is 0 Å². The van der Waals surface area contributed by atoms with Gasteiger partial charge in [0.15, 0.2) is 6.10 Å². The lowest BCUT2D eigenvalue weighted by atomic mass is 10.1. The molecular weight excluding hydrogens is 543 g/mol. The molecule has 0 radical (unpaired) electrons. The number of phosphoric ester groups is 1. The SMILES string of the molecule is CCCCCCCC/C=C\CCCCCCCC(=O)OC[C@H](COP(=O)(O)O)OC(=O)CCC(O)/C=C/C(=O)O. The topological polar surface area (TPSA) is 177 Å². The van der Waals surface area contributed by atoms with Gasteiger partial charge in [-0.1, -0.05) is 70.4 Å². The fourth-order valence-electron chi connectivity index (χ4n) is 3.69. The number of esters is 2. The molecule has 0 saturated heterocycles. The smallest absolute Gasteiger partial charge is 0.469 e. The van der Waals surface area contributed by atoms with Gasteiger partial charge in [-0.2, -0.15) is 0 Å². The highest BCUT2D eigenvalue weighted by molar-refractivity contribution is 7.46. The van der Waals surface area contributed by atoms with Gasteiger partial charge in [0.1, 0.15) is 6.61 Å². The van der Waals surface area contributed by atoms with E-state index < -0.39 is 51.2 Å². The van der Waals surface area contributed by atoms with Crippen LogP contribution < -0.4 is 0 Å². The summed E-state index contributed by atoms with van der Waals surface area (Å²) in [5, 5.41) is 18.2. The third-order valence-electron chi connectivity index (χ3n) is 5.90. The maximum absolute atomic E-state index is 12.1. The molecule has 0 amide bonds. The Balaban J connectivity index is 4.11. The fourth-order valence-corrected chi connectivity index (χ4v) is 4.06. The van der Waals surface area contributed by atoms with E-state index in [1.54, 1.807) is 0 Å². The summed E-state index contributed by atoms with van der Waals surface area (Å²) in [4.78, 5) is 52.4. The Bertz CT molecular complexity index is 791. The molecule has 2 atom stereocenters. The number of carboxylic acids is 1. The Morgan fingerprint density at radius 2 is 1.38 bits per heavy atom. The Kier molecular flexibility index (Phi) is 23.5. The third-order valence-corrected chi connectivity index (χ3v) is 6.39. The molecule has 0 bridgehead atoms. The first-order chi connectivity index (χ1) is 19.0. The molecule has 0 aromatic carbocycles. The Morgan fingerprint density at radius 1 is 0.800 bits per heavy atom. The van der Waals surface area contributed by atoms with Crippen molar-refractivity contribution in [3.63, 3.8) is 0 Å².